The summed E-state index contributed by atoms with van der Waals surface area (Å²) in [4.78, 5) is 14.0. The molecule has 0 unspecified atom stereocenters. The molecule has 1 amide bonds. The Morgan fingerprint density at radius 3 is 2.50 bits per heavy atom. The molecular weight excluding hydrogens is 368 g/mol. The minimum absolute atomic E-state index is 0.0997. The molecule has 26 heavy (non-hydrogen) atoms. The van der Waals surface area contributed by atoms with Crippen molar-refractivity contribution in [2.45, 2.75) is 43.5 Å². The quantitative estimate of drug-likeness (QED) is 0.816. The Morgan fingerprint density at radius 1 is 1.15 bits per heavy atom. The van der Waals surface area contributed by atoms with E-state index in [9.17, 15) is 13.2 Å². The van der Waals surface area contributed by atoms with E-state index in [2.05, 4.69) is 17.0 Å². The lowest BCUT2D eigenvalue weighted by Gasteiger charge is -2.27. The van der Waals surface area contributed by atoms with Crippen LogP contribution < -0.4 is 10.0 Å². The minimum atomic E-state index is -3.61. The van der Waals surface area contributed by atoms with Crippen LogP contribution in [0.2, 0.25) is 0 Å². The van der Waals surface area contributed by atoms with E-state index in [1.54, 1.807) is 12.1 Å². The molecule has 3 rings (SSSR count). The Kier molecular flexibility index (Phi) is 5.79. The molecule has 0 radical (unpaired) electrons. The van der Waals surface area contributed by atoms with Gasteiger partial charge in [0.05, 0.1) is 4.90 Å². The average Bonchev–Trinajstić information content (AvgIpc) is 3.17. The largest absolute Gasteiger partial charge is 0.349 e. The third kappa shape index (κ3) is 4.16. The lowest BCUT2D eigenvalue weighted by molar-refractivity contribution is 0.0923. The fourth-order valence-corrected chi connectivity index (χ4v) is 4.83. The van der Waals surface area contributed by atoms with Crippen LogP contribution in [0.3, 0.4) is 0 Å². The zero-order chi connectivity index (χ0) is 18.7. The third-order valence-electron chi connectivity index (χ3n) is 4.95. The predicted molar refractivity (Wildman–Crippen MR) is 105 cm³/mol. The number of rotatable bonds is 5. The van der Waals surface area contributed by atoms with Crippen LogP contribution in [0.25, 0.3) is 10.4 Å². The second kappa shape index (κ2) is 7.90. The second-order valence-corrected chi connectivity index (χ2v) is 9.66. The number of hydrogen-bond acceptors (Lipinski definition) is 4. The van der Waals surface area contributed by atoms with E-state index in [1.807, 2.05) is 17.5 Å². The van der Waals surface area contributed by atoms with Gasteiger partial charge >= 0.3 is 0 Å². The van der Waals surface area contributed by atoms with Crippen LogP contribution >= 0.6 is 11.3 Å². The Labute approximate surface area is 158 Å². The van der Waals surface area contributed by atoms with Crippen molar-refractivity contribution in [1.29, 1.82) is 0 Å². The van der Waals surface area contributed by atoms with Crippen molar-refractivity contribution in [1.82, 2.24) is 10.0 Å². The van der Waals surface area contributed by atoms with Gasteiger partial charge in [-0.3, -0.25) is 4.79 Å². The van der Waals surface area contributed by atoms with Crippen LogP contribution in [-0.2, 0) is 10.0 Å². The monoisotopic (exact) mass is 392 g/mol. The Balaban J connectivity index is 1.94. The standard InChI is InChI=1S/C19H24N2O3S2/c1-13-5-7-14(8-6-13)21-19(22)17-12-15(26(23,24)20-2)9-10-16(17)18-4-3-11-25-18/h3-4,9-14,20H,5-8H2,1-2H3,(H,21,22). The van der Waals surface area contributed by atoms with Gasteiger partial charge in [-0.05, 0) is 62.2 Å². The van der Waals surface area contributed by atoms with Crippen LogP contribution in [-0.4, -0.2) is 27.4 Å². The first-order chi connectivity index (χ1) is 12.4. The number of thiophene rings is 1. The molecule has 1 aliphatic rings. The predicted octanol–water partition coefficient (Wildman–Crippen LogP) is 3.63. The van der Waals surface area contributed by atoms with Crippen LogP contribution in [0.5, 0.6) is 0 Å². The van der Waals surface area contributed by atoms with Crippen molar-refractivity contribution < 1.29 is 13.2 Å². The number of carbonyl (C=O) groups excluding carboxylic acids is 1. The molecule has 1 saturated carbocycles. The first-order valence-electron chi connectivity index (χ1n) is 8.83. The van der Waals surface area contributed by atoms with E-state index in [1.165, 1.54) is 24.5 Å². The number of sulfonamides is 1. The molecule has 0 saturated heterocycles. The van der Waals surface area contributed by atoms with Crippen molar-refractivity contribution in [2.75, 3.05) is 7.05 Å². The van der Waals surface area contributed by atoms with Gasteiger partial charge in [0.25, 0.3) is 5.91 Å². The van der Waals surface area contributed by atoms with Gasteiger partial charge in [0.1, 0.15) is 0 Å². The van der Waals surface area contributed by atoms with Gasteiger partial charge in [0.15, 0.2) is 0 Å². The maximum absolute atomic E-state index is 13.0. The van der Waals surface area contributed by atoms with Crippen LogP contribution in [0.15, 0.2) is 40.6 Å². The van der Waals surface area contributed by atoms with Gasteiger partial charge in [-0.15, -0.1) is 11.3 Å². The molecule has 0 atom stereocenters. The Bertz CT molecular complexity index is 868. The number of carbonyl (C=O) groups is 1. The summed E-state index contributed by atoms with van der Waals surface area (Å²) in [6.45, 7) is 2.24. The maximum atomic E-state index is 13.0. The molecule has 1 aromatic heterocycles. The van der Waals surface area contributed by atoms with Crippen molar-refractivity contribution in [2.24, 2.45) is 5.92 Å². The highest BCUT2D eigenvalue weighted by atomic mass is 32.2. The number of benzene rings is 1. The third-order valence-corrected chi connectivity index (χ3v) is 7.27. The summed E-state index contributed by atoms with van der Waals surface area (Å²) in [5, 5.41) is 5.05. The lowest BCUT2D eigenvalue weighted by atomic mass is 9.87. The van der Waals surface area contributed by atoms with E-state index >= 15 is 0 Å². The highest BCUT2D eigenvalue weighted by Gasteiger charge is 2.23. The van der Waals surface area contributed by atoms with Gasteiger partial charge in [0, 0.05) is 22.0 Å². The Hall–Kier alpha value is -1.70. The molecule has 1 aliphatic carbocycles. The van der Waals surface area contributed by atoms with Gasteiger partial charge < -0.3 is 5.32 Å². The zero-order valence-electron chi connectivity index (χ0n) is 15.0. The zero-order valence-corrected chi connectivity index (χ0v) is 16.6. The Morgan fingerprint density at radius 2 is 1.88 bits per heavy atom. The molecule has 1 aromatic carbocycles. The van der Waals surface area contributed by atoms with Crippen LogP contribution in [0, 0.1) is 5.92 Å². The summed E-state index contributed by atoms with van der Waals surface area (Å²) in [6.07, 6.45) is 4.15. The van der Waals surface area contributed by atoms with Gasteiger partial charge in [-0.1, -0.05) is 19.1 Å². The molecule has 0 aliphatic heterocycles. The lowest BCUT2D eigenvalue weighted by Crippen LogP contribution is -2.37. The van der Waals surface area contributed by atoms with Crippen molar-refractivity contribution >= 4 is 27.3 Å². The molecule has 1 fully saturated rings. The first-order valence-corrected chi connectivity index (χ1v) is 11.2. The van der Waals surface area contributed by atoms with Crippen LogP contribution in [0.4, 0.5) is 0 Å². The molecule has 5 nitrogen and oxygen atoms in total. The summed E-state index contributed by atoms with van der Waals surface area (Å²) in [5.74, 6) is 0.495. The normalized spacial score (nSPS) is 20.7. The number of amides is 1. The minimum Gasteiger partial charge on any atom is -0.349 e. The molecule has 140 valence electrons. The number of hydrogen-bond donors (Lipinski definition) is 2. The summed E-state index contributed by atoms with van der Waals surface area (Å²) < 4.78 is 26.6. The summed E-state index contributed by atoms with van der Waals surface area (Å²) >= 11 is 1.53. The van der Waals surface area contributed by atoms with Crippen molar-refractivity contribution in [3.63, 3.8) is 0 Å². The van der Waals surface area contributed by atoms with Gasteiger partial charge in [-0.25, -0.2) is 13.1 Å². The fraction of sp³-hybridized carbons (Fsp3) is 0.421. The highest BCUT2D eigenvalue weighted by Crippen LogP contribution is 2.31. The SMILES string of the molecule is CNS(=O)(=O)c1ccc(-c2cccs2)c(C(=O)NC2CCC(C)CC2)c1. The topological polar surface area (TPSA) is 75.3 Å². The smallest absolute Gasteiger partial charge is 0.252 e. The maximum Gasteiger partial charge on any atom is 0.252 e. The first kappa shape index (κ1) is 19.1. The van der Waals surface area contributed by atoms with Gasteiger partial charge in [0.2, 0.25) is 10.0 Å². The van der Waals surface area contributed by atoms with E-state index in [-0.39, 0.29) is 16.8 Å². The molecule has 0 spiro atoms. The van der Waals surface area contributed by atoms with Crippen LogP contribution in [0.1, 0.15) is 43.0 Å². The van der Waals surface area contributed by atoms with E-state index < -0.39 is 10.0 Å². The van der Waals surface area contributed by atoms with E-state index in [4.69, 9.17) is 0 Å². The van der Waals surface area contributed by atoms with E-state index in [0.717, 1.165) is 36.1 Å². The molecular formula is C19H24N2O3S2. The molecule has 2 aromatic rings. The van der Waals surface area contributed by atoms with Crippen molar-refractivity contribution in [3.8, 4) is 10.4 Å². The van der Waals surface area contributed by atoms with E-state index in [0.29, 0.717) is 11.5 Å². The highest BCUT2D eigenvalue weighted by molar-refractivity contribution is 7.89. The fourth-order valence-electron chi connectivity index (χ4n) is 3.31. The second-order valence-electron chi connectivity index (χ2n) is 6.82. The molecule has 2 N–H and O–H groups in total. The molecule has 0 bridgehead atoms. The summed E-state index contributed by atoms with van der Waals surface area (Å²) in [5.41, 5.74) is 1.17. The molecule has 7 heteroatoms. The van der Waals surface area contributed by atoms with Crippen molar-refractivity contribution in [3.05, 3.63) is 41.3 Å². The molecule has 1 heterocycles. The van der Waals surface area contributed by atoms with Gasteiger partial charge in [-0.2, -0.15) is 0 Å². The summed E-state index contributed by atoms with van der Waals surface area (Å²) in [7, 11) is -2.24. The average molecular weight is 393 g/mol. The number of nitrogens with one attached hydrogen (secondary N) is 2. The summed E-state index contributed by atoms with van der Waals surface area (Å²) in [6, 6.07) is 8.74.